The van der Waals surface area contributed by atoms with Gasteiger partial charge in [0, 0.05) is 56.6 Å². The Bertz CT molecular complexity index is 2100. The summed E-state index contributed by atoms with van der Waals surface area (Å²) >= 11 is 0. The van der Waals surface area contributed by atoms with Gasteiger partial charge in [0.15, 0.2) is 0 Å². The van der Waals surface area contributed by atoms with Gasteiger partial charge < -0.3 is 9.47 Å². The highest BCUT2D eigenvalue weighted by atomic mass is 15.2. The number of aromatic nitrogens is 1. The van der Waals surface area contributed by atoms with Gasteiger partial charge in [-0.25, -0.2) is 0 Å². The van der Waals surface area contributed by atoms with E-state index in [4.69, 9.17) is 0 Å². The summed E-state index contributed by atoms with van der Waals surface area (Å²) in [5, 5.41) is 20.4. The molecular formula is C41H34N4. The molecule has 3 unspecified atom stereocenters. The van der Waals surface area contributed by atoms with Crippen molar-refractivity contribution in [3.05, 3.63) is 137 Å². The topological polar surface area (TPSA) is 55.8 Å². The quantitative estimate of drug-likeness (QED) is 0.220. The Balaban J connectivity index is 1.45. The van der Waals surface area contributed by atoms with Gasteiger partial charge in [-0.3, -0.25) is 0 Å². The molecule has 4 aliphatic rings. The van der Waals surface area contributed by atoms with E-state index in [0.717, 1.165) is 31.3 Å². The zero-order chi connectivity index (χ0) is 30.5. The molecule has 4 aromatic rings. The first kappa shape index (κ1) is 27.2. The van der Waals surface area contributed by atoms with Crippen molar-refractivity contribution in [1.29, 1.82) is 10.5 Å². The first-order valence-electron chi connectivity index (χ1n) is 16.1. The maximum Gasteiger partial charge on any atom is 0.0947 e. The van der Waals surface area contributed by atoms with E-state index in [0.29, 0.717) is 12.3 Å². The summed E-state index contributed by atoms with van der Waals surface area (Å²) in [6.07, 6.45) is 19.8. The van der Waals surface area contributed by atoms with Crippen LogP contribution in [0, 0.1) is 28.6 Å². The summed E-state index contributed by atoms with van der Waals surface area (Å²) in [7, 11) is 0. The summed E-state index contributed by atoms with van der Waals surface area (Å²) in [5.41, 5.74) is 13.4. The molecule has 0 bridgehead atoms. The van der Waals surface area contributed by atoms with Crippen molar-refractivity contribution in [3.63, 3.8) is 0 Å². The lowest BCUT2D eigenvalue weighted by Crippen LogP contribution is -2.33. The Hall–Kier alpha value is -5.32. The molecule has 4 nitrogen and oxygen atoms in total. The maximum atomic E-state index is 9.77. The van der Waals surface area contributed by atoms with Crippen molar-refractivity contribution in [1.82, 2.24) is 4.57 Å². The standard InChI is InChI=1S/C41H34N4/c1-2-12-28-31-14-3-4-15-32-30-17-11-21-39(44-35-18-7-5-13-29(35)34-25-27(26-43)22-23-38(34)44)40(30)33-16-6-8-19-37(33)45(41(31)32)36(28)20-9-10-24-42/h3-9,11,13-21,25,28,32,36H,2,10,12,22-23H2,1H3/b20-9-. The fourth-order valence-corrected chi connectivity index (χ4v) is 8.26. The number of nitriles is 2. The van der Waals surface area contributed by atoms with E-state index in [9.17, 15) is 10.5 Å². The second kappa shape index (κ2) is 11.0. The second-order valence-electron chi connectivity index (χ2n) is 12.4. The summed E-state index contributed by atoms with van der Waals surface area (Å²) in [5.74, 6) is 0.423. The molecule has 3 aromatic carbocycles. The number of hydrogen-bond acceptors (Lipinski definition) is 3. The lowest BCUT2D eigenvalue weighted by atomic mass is 9.84. The van der Waals surface area contributed by atoms with Crippen LogP contribution in [0.3, 0.4) is 0 Å². The normalized spacial score (nSPS) is 21.0. The molecular weight excluding hydrogens is 548 g/mol. The molecule has 0 saturated heterocycles. The molecule has 4 heteroatoms. The smallest absolute Gasteiger partial charge is 0.0947 e. The van der Waals surface area contributed by atoms with Gasteiger partial charge in [-0.05, 0) is 54.7 Å². The summed E-state index contributed by atoms with van der Waals surface area (Å²) in [6, 6.07) is 29.2. The van der Waals surface area contributed by atoms with E-state index in [2.05, 4.69) is 138 Å². The van der Waals surface area contributed by atoms with Gasteiger partial charge in [-0.15, -0.1) is 0 Å². The van der Waals surface area contributed by atoms with E-state index in [1.165, 1.54) is 61.5 Å². The molecule has 3 atom stereocenters. The largest absolute Gasteiger partial charge is 0.336 e. The predicted molar refractivity (Wildman–Crippen MR) is 183 cm³/mol. The predicted octanol–water partition coefficient (Wildman–Crippen LogP) is 9.70. The molecule has 1 aromatic heterocycles. The summed E-state index contributed by atoms with van der Waals surface area (Å²) < 4.78 is 2.47. The van der Waals surface area contributed by atoms with Crippen LogP contribution in [0.4, 0.5) is 5.69 Å². The van der Waals surface area contributed by atoms with Crippen molar-refractivity contribution in [2.45, 2.75) is 51.0 Å². The van der Waals surface area contributed by atoms with Crippen LogP contribution >= 0.6 is 0 Å². The van der Waals surface area contributed by atoms with E-state index in [-0.39, 0.29) is 12.0 Å². The Labute approximate surface area is 264 Å². The van der Waals surface area contributed by atoms with Crippen molar-refractivity contribution in [2.24, 2.45) is 5.92 Å². The maximum absolute atomic E-state index is 9.77. The van der Waals surface area contributed by atoms with Crippen LogP contribution in [0.15, 0.2) is 120 Å². The van der Waals surface area contributed by atoms with Crippen LogP contribution in [0.2, 0.25) is 0 Å². The molecule has 2 aliphatic carbocycles. The third kappa shape index (κ3) is 4.10. The molecule has 0 spiro atoms. The van der Waals surface area contributed by atoms with E-state index in [1.807, 2.05) is 0 Å². The first-order valence-corrected chi connectivity index (χ1v) is 16.1. The average molecular weight is 583 g/mol. The minimum absolute atomic E-state index is 0.0776. The highest BCUT2D eigenvalue weighted by Gasteiger charge is 2.44. The number of rotatable bonds is 5. The van der Waals surface area contributed by atoms with Crippen LogP contribution in [-0.4, -0.2) is 10.6 Å². The number of hydrogen-bond donors (Lipinski definition) is 0. The molecule has 0 saturated carbocycles. The molecule has 0 radical (unpaired) electrons. The van der Waals surface area contributed by atoms with Crippen LogP contribution in [-0.2, 0) is 6.42 Å². The number of anilines is 1. The molecule has 3 heterocycles. The lowest BCUT2D eigenvalue weighted by Gasteiger charge is -2.32. The van der Waals surface area contributed by atoms with Gasteiger partial charge in [-0.1, -0.05) is 98.3 Å². The van der Waals surface area contributed by atoms with Crippen LogP contribution in [0.5, 0.6) is 0 Å². The van der Waals surface area contributed by atoms with E-state index < -0.39 is 0 Å². The minimum atomic E-state index is 0.0776. The number of fused-ring (bicyclic) bond motifs is 8. The van der Waals surface area contributed by atoms with E-state index >= 15 is 0 Å². The molecule has 0 N–H and O–H groups in total. The third-order valence-corrected chi connectivity index (χ3v) is 9.99. The number of benzene rings is 3. The number of nitrogens with zero attached hydrogens (tertiary/aromatic N) is 4. The van der Waals surface area contributed by atoms with Crippen LogP contribution in [0.1, 0.15) is 55.3 Å². The van der Waals surface area contributed by atoms with Gasteiger partial charge >= 0.3 is 0 Å². The minimum Gasteiger partial charge on any atom is -0.336 e. The fourth-order valence-electron chi connectivity index (χ4n) is 8.26. The zero-order valence-electron chi connectivity index (χ0n) is 25.4. The molecule has 218 valence electrons. The van der Waals surface area contributed by atoms with Gasteiger partial charge in [0.25, 0.3) is 0 Å². The molecule has 45 heavy (non-hydrogen) atoms. The average Bonchev–Trinajstić information content (AvgIpc) is 3.40. The SMILES string of the molecule is CCCC1C2=C3C(C=CC=C2)c2cccc(-n4c5c(c6ccccc64)C=C(C#N)CC5)c2-c2ccccc2N3C1/C=C\CC#N. The summed E-state index contributed by atoms with van der Waals surface area (Å²) in [4.78, 5) is 2.60. The lowest BCUT2D eigenvalue weighted by molar-refractivity contribution is 0.526. The number of allylic oxidation sites excluding steroid dienone is 6. The molecule has 8 rings (SSSR count). The van der Waals surface area contributed by atoms with Crippen molar-refractivity contribution in [3.8, 4) is 29.0 Å². The Morgan fingerprint density at radius 3 is 2.64 bits per heavy atom. The molecule has 2 aliphatic heterocycles. The highest BCUT2D eigenvalue weighted by molar-refractivity contribution is 5.97. The molecule has 0 amide bonds. The number of para-hydroxylation sites is 2. The molecule has 0 fully saturated rings. The Morgan fingerprint density at radius 2 is 1.78 bits per heavy atom. The van der Waals surface area contributed by atoms with Gasteiger partial charge in [0.1, 0.15) is 0 Å². The zero-order valence-corrected chi connectivity index (χ0v) is 25.4. The monoisotopic (exact) mass is 582 g/mol. The second-order valence-corrected chi connectivity index (χ2v) is 12.4. The van der Waals surface area contributed by atoms with Crippen molar-refractivity contribution < 1.29 is 0 Å². The third-order valence-electron chi connectivity index (χ3n) is 9.99. The van der Waals surface area contributed by atoms with Crippen molar-refractivity contribution >= 4 is 22.7 Å². The highest BCUT2D eigenvalue weighted by Crippen LogP contribution is 2.55. The Morgan fingerprint density at radius 1 is 0.933 bits per heavy atom. The summed E-state index contributed by atoms with van der Waals surface area (Å²) in [6.45, 7) is 2.27. The van der Waals surface area contributed by atoms with Crippen LogP contribution < -0.4 is 4.90 Å². The van der Waals surface area contributed by atoms with Gasteiger partial charge in [0.2, 0.25) is 0 Å². The Kier molecular flexibility index (Phi) is 6.66. The van der Waals surface area contributed by atoms with Gasteiger partial charge in [0.05, 0.1) is 35.8 Å². The first-order chi connectivity index (χ1) is 22.2. The van der Waals surface area contributed by atoms with Gasteiger partial charge in [-0.2, -0.15) is 10.5 Å². The van der Waals surface area contributed by atoms with Crippen molar-refractivity contribution in [2.75, 3.05) is 4.90 Å². The van der Waals surface area contributed by atoms with Crippen LogP contribution in [0.25, 0.3) is 33.8 Å². The fraction of sp³-hybridized carbons (Fsp3) is 0.220. The van der Waals surface area contributed by atoms with E-state index in [1.54, 1.807) is 0 Å².